The number of anilines is 2. The molecule has 8 heteroatoms. The first-order valence-electron chi connectivity index (χ1n) is 10.2. The van der Waals surface area contributed by atoms with Gasteiger partial charge in [0, 0.05) is 42.8 Å². The van der Waals surface area contributed by atoms with Gasteiger partial charge in [0.05, 0.1) is 22.7 Å². The topological polar surface area (TPSA) is 85.2 Å². The lowest BCUT2D eigenvalue weighted by atomic mass is 10.2. The van der Waals surface area contributed by atoms with Gasteiger partial charge >= 0.3 is 0 Å². The van der Waals surface area contributed by atoms with Crippen molar-refractivity contribution in [1.82, 2.24) is 14.9 Å². The SMILES string of the molecule is CC(C)Nc1nc2ccc(C#N)cc2nc1N1CCN(C(=O)c2ccc(Cl)cc2)CC1. The predicted molar refractivity (Wildman–Crippen MR) is 123 cm³/mol. The molecule has 0 spiro atoms. The van der Waals surface area contributed by atoms with E-state index in [1.54, 1.807) is 36.4 Å². The van der Waals surface area contributed by atoms with Gasteiger partial charge in [-0.3, -0.25) is 4.79 Å². The van der Waals surface area contributed by atoms with E-state index < -0.39 is 0 Å². The van der Waals surface area contributed by atoms with Crippen LogP contribution in [-0.2, 0) is 0 Å². The molecule has 0 unspecified atom stereocenters. The molecule has 158 valence electrons. The van der Waals surface area contributed by atoms with E-state index in [1.165, 1.54) is 0 Å². The van der Waals surface area contributed by atoms with E-state index >= 15 is 0 Å². The molecule has 1 aliphatic heterocycles. The van der Waals surface area contributed by atoms with Crippen molar-refractivity contribution in [2.45, 2.75) is 19.9 Å². The fourth-order valence-corrected chi connectivity index (χ4v) is 3.73. The summed E-state index contributed by atoms with van der Waals surface area (Å²) in [6, 6.07) is 14.6. The van der Waals surface area contributed by atoms with Crippen LogP contribution in [0.15, 0.2) is 42.5 Å². The molecule has 2 heterocycles. The normalized spacial score (nSPS) is 14.0. The van der Waals surface area contributed by atoms with Crippen LogP contribution in [0.5, 0.6) is 0 Å². The second-order valence-electron chi connectivity index (χ2n) is 7.80. The zero-order chi connectivity index (χ0) is 22.0. The van der Waals surface area contributed by atoms with Crippen LogP contribution in [0.3, 0.4) is 0 Å². The highest BCUT2D eigenvalue weighted by molar-refractivity contribution is 6.30. The van der Waals surface area contributed by atoms with E-state index in [1.807, 2.05) is 11.0 Å². The highest BCUT2D eigenvalue weighted by atomic mass is 35.5. The first kappa shape index (κ1) is 20.9. The van der Waals surface area contributed by atoms with Crippen molar-refractivity contribution in [2.24, 2.45) is 0 Å². The molecule has 1 aliphatic rings. The number of fused-ring (bicyclic) bond motifs is 1. The maximum absolute atomic E-state index is 12.8. The lowest BCUT2D eigenvalue weighted by Crippen LogP contribution is -2.49. The Labute approximate surface area is 186 Å². The molecule has 2 aromatic carbocycles. The number of nitrogens with zero attached hydrogens (tertiary/aromatic N) is 5. The zero-order valence-corrected chi connectivity index (χ0v) is 18.2. The summed E-state index contributed by atoms with van der Waals surface area (Å²) in [4.78, 5) is 26.4. The van der Waals surface area contributed by atoms with Crippen molar-refractivity contribution in [2.75, 3.05) is 36.4 Å². The number of hydrogen-bond acceptors (Lipinski definition) is 6. The number of carbonyl (C=O) groups excluding carboxylic acids is 1. The highest BCUT2D eigenvalue weighted by Crippen LogP contribution is 2.27. The summed E-state index contributed by atoms with van der Waals surface area (Å²) in [5.41, 5.74) is 2.61. The Kier molecular flexibility index (Phi) is 5.92. The Balaban J connectivity index is 1.57. The molecule has 3 aromatic rings. The maximum Gasteiger partial charge on any atom is 0.253 e. The van der Waals surface area contributed by atoms with Gasteiger partial charge < -0.3 is 15.1 Å². The fraction of sp³-hybridized carbons (Fsp3) is 0.304. The number of aromatic nitrogens is 2. The summed E-state index contributed by atoms with van der Waals surface area (Å²) in [6.45, 7) is 6.56. The lowest BCUT2D eigenvalue weighted by molar-refractivity contribution is 0.0746. The molecule has 0 bridgehead atoms. The molecule has 7 nitrogen and oxygen atoms in total. The molecule has 0 radical (unpaired) electrons. The van der Waals surface area contributed by atoms with Gasteiger partial charge in [-0.1, -0.05) is 11.6 Å². The van der Waals surface area contributed by atoms with Gasteiger partial charge in [-0.2, -0.15) is 5.26 Å². The van der Waals surface area contributed by atoms with Crippen molar-refractivity contribution in [1.29, 1.82) is 5.26 Å². The van der Waals surface area contributed by atoms with Gasteiger partial charge in [-0.05, 0) is 56.3 Å². The van der Waals surface area contributed by atoms with Crippen LogP contribution in [0.4, 0.5) is 11.6 Å². The summed E-state index contributed by atoms with van der Waals surface area (Å²) in [5, 5.41) is 13.2. The van der Waals surface area contributed by atoms with Crippen LogP contribution >= 0.6 is 11.6 Å². The van der Waals surface area contributed by atoms with Crippen LogP contribution in [0.1, 0.15) is 29.8 Å². The summed E-state index contributed by atoms with van der Waals surface area (Å²) in [5.74, 6) is 1.46. The molecule has 1 fully saturated rings. The van der Waals surface area contributed by atoms with Crippen molar-refractivity contribution in [3.8, 4) is 6.07 Å². The Morgan fingerprint density at radius 3 is 2.42 bits per heavy atom. The number of rotatable bonds is 4. The first-order valence-corrected chi connectivity index (χ1v) is 10.6. The molecule has 4 rings (SSSR count). The van der Waals surface area contributed by atoms with Crippen LogP contribution in [0.2, 0.25) is 5.02 Å². The Bertz CT molecular complexity index is 1150. The number of hydrogen-bond donors (Lipinski definition) is 1. The van der Waals surface area contributed by atoms with Crippen molar-refractivity contribution >= 4 is 40.2 Å². The zero-order valence-electron chi connectivity index (χ0n) is 17.5. The minimum absolute atomic E-state index is 0.0000955. The monoisotopic (exact) mass is 434 g/mol. The van der Waals surface area contributed by atoms with Crippen LogP contribution in [-0.4, -0.2) is 53.0 Å². The molecular weight excluding hydrogens is 412 g/mol. The second-order valence-corrected chi connectivity index (χ2v) is 8.23. The smallest absolute Gasteiger partial charge is 0.253 e. The Morgan fingerprint density at radius 1 is 1.06 bits per heavy atom. The van der Waals surface area contributed by atoms with Gasteiger partial charge in [0.1, 0.15) is 0 Å². The summed E-state index contributed by atoms with van der Waals surface area (Å²) < 4.78 is 0. The van der Waals surface area contributed by atoms with E-state index in [0.717, 1.165) is 11.3 Å². The summed E-state index contributed by atoms with van der Waals surface area (Å²) in [6.07, 6.45) is 0. The third-order valence-electron chi connectivity index (χ3n) is 5.16. The number of piperazine rings is 1. The summed E-state index contributed by atoms with van der Waals surface area (Å²) in [7, 11) is 0. The number of nitriles is 1. The van der Waals surface area contributed by atoms with Crippen molar-refractivity contribution in [3.63, 3.8) is 0 Å². The van der Waals surface area contributed by atoms with E-state index in [2.05, 4.69) is 30.1 Å². The molecule has 0 atom stereocenters. The molecule has 1 amide bonds. The highest BCUT2D eigenvalue weighted by Gasteiger charge is 2.25. The third kappa shape index (κ3) is 4.54. The number of carbonyl (C=O) groups is 1. The van der Waals surface area contributed by atoms with Crippen LogP contribution < -0.4 is 10.2 Å². The lowest BCUT2D eigenvalue weighted by Gasteiger charge is -2.36. The van der Waals surface area contributed by atoms with Gasteiger partial charge in [0.2, 0.25) is 0 Å². The van der Waals surface area contributed by atoms with E-state index in [9.17, 15) is 10.1 Å². The number of nitrogens with one attached hydrogen (secondary N) is 1. The molecule has 0 aliphatic carbocycles. The third-order valence-corrected chi connectivity index (χ3v) is 5.41. The largest absolute Gasteiger partial charge is 0.365 e. The molecule has 1 saturated heterocycles. The summed E-state index contributed by atoms with van der Waals surface area (Å²) >= 11 is 5.93. The van der Waals surface area contributed by atoms with Gasteiger partial charge in [0.25, 0.3) is 5.91 Å². The van der Waals surface area contributed by atoms with E-state index in [0.29, 0.717) is 53.7 Å². The predicted octanol–water partition coefficient (Wildman–Crippen LogP) is 3.94. The van der Waals surface area contributed by atoms with Crippen molar-refractivity contribution < 1.29 is 4.79 Å². The Morgan fingerprint density at radius 2 is 1.77 bits per heavy atom. The Hall–Kier alpha value is -3.37. The van der Waals surface area contributed by atoms with E-state index in [-0.39, 0.29) is 11.9 Å². The van der Waals surface area contributed by atoms with E-state index in [4.69, 9.17) is 21.6 Å². The van der Waals surface area contributed by atoms with Gasteiger partial charge in [-0.15, -0.1) is 0 Å². The fourth-order valence-electron chi connectivity index (χ4n) is 3.60. The minimum atomic E-state index is 0.0000955. The first-order chi connectivity index (χ1) is 14.9. The van der Waals surface area contributed by atoms with Gasteiger partial charge in [-0.25, -0.2) is 9.97 Å². The molecule has 0 saturated carbocycles. The number of benzene rings is 2. The minimum Gasteiger partial charge on any atom is -0.365 e. The molecular formula is C23H23ClN6O. The maximum atomic E-state index is 12.8. The van der Waals surface area contributed by atoms with Gasteiger partial charge in [0.15, 0.2) is 11.6 Å². The second kappa shape index (κ2) is 8.78. The number of halogens is 1. The van der Waals surface area contributed by atoms with Crippen LogP contribution in [0, 0.1) is 11.3 Å². The average Bonchev–Trinajstić information content (AvgIpc) is 2.78. The quantitative estimate of drug-likeness (QED) is 0.669. The van der Waals surface area contributed by atoms with Crippen LogP contribution in [0.25, 0.3) is 11.0 Å². The molecule has 1 N–H and O–H groups in total. The van der Waals surface area contributed by atoms with Crippen molar-refractivity contribution in [3.05, 3.63) is 58.6 Å². The average molecular weight is 435 g/mol. The molecule has 31 heavy (non-hydrogen) atoms. The standard InChI is InChI=1S/C23H23ClN6O/c1-15(2)26-21-22(28-20-13-16(14-25)3-8-19(20)27-21)29-9-11-30(12-10-29)23(31)17-4-6-18(24)7-5-17/h3-8,13,15H,9-12H2,1-2H3,(H,26,27). The number of amides is 1. The molecule has 1 aromatic heterocycles.